The predicted molar refractivity (Wildman–Crippen MR) is 83.9 cm³/mol. The molecule has 3 atom stereocenters. The number of hydrogen-bond donors (Lipinski definition) is 3. The highest BCUT2D eigenvalue weighted by molar-refractivity contribution is 5.78. The van der Waals surface area contributed by atoms with E-state index in [-0.39, 0.29) is 12.0 Å². The van der Waals surface area contributed by atoms with E-state index in [9.17, 15) is 9.59 Å². The number of nitrogens with one attached hydrogen (secondary N) is 1. The van der Waals surface area contributed by atoms with Gasteiger partial charge in [0.25, 0.3) is 0 Å². The van der Waals surface area contributed by atoms with E-state index in [0.717, 1.165) is 38.5 Å². The van der Waals surface area contributed by atoms with Gasteiger partial charge in [-0.2, -0.15) is 0 Å². The molecule has 1 saturated carbocycles. The lowest BCUT2D eigenvalue weighted by Gasteiger charge is -2.26. The molecule has 1 amide bonds. The highest BCUT2D eigenvalue weighted by atomic mass is 16.6. The summed E-state index contributed by atoms with van der Waals surface area (Å²) in [7, 11) is 0. The molecule has 7 nitrogen and oxygen atoms in total. The van der Waals surface area contributed by atoms with E-state index in [1.807, 2.05) is 5.32 Å². The van der Waals surface area contributed by atoms with E-state index in [1.165, 1.54) is 0 Å². The molecule has 1 fully saturated rings. The summed E-state index contributed by atoms with van der Waals surface area (Å²) >= 11 is 0. The van der Waals surface area contributed by atoms with Gasteiger partial charge in [-0.3, -0.25) is 5.32 Å². The molecule has 1 rings (SSSR count). The van der Waals surface area contributed by atoms with Crippen molar-refractivity contribution < 1.29 is 29.3 Å². The molecule has 132 valence electrons. The van der Waals surface area contributed by atoms with Gasteiger partial charge in [-0.05, 0) is 19.3 Å². The maximum absolute atomic E-state index is 11.8. The van der Waals surface area contributed by atoms with Crippen molar-refractivity contribution in [1.29, 1.82) is 0 Å². The lowest BCUT2D eigenvalue weighted by molar-refractivity contribution is -0.148. The molecule has 7 heteroatoms. The van der Waals surface area contributed by atoms with Crippen LogP contribution in [0.4, 0.5) is 4.79 Å². The highest BCUT2D eigenvalue weighted by Gasteiger charge is 2.27. The Labute approximate surface area is 136 Å². The van der Waals surface area contributed by atoms with Gasteiger partial charge >= 0.3 is 12.1 Å². The fourth-order valence-corrected chi connectivity index (χ4v) is 2.70. The van der Waals surface area contributed by atoms with Crippen molar-refractivity contribution in [1.82, 2.24) is 5.32 Å². The van der Waals surface area contributed by atoms with Crippen LogP contribution in [0.1, 0.15) is 44.9 Å². The smallest absolute Gasteiger partial charge is 0.409 e. The number of hydrogen-bond acceptors (Lipinski definition) is 5. The largest absolute Gasteiger partial charge is 0.478 e. The number of carbonyl (C=O) groups is 2. The Morgan fingerprint density at radius 1 is 1.22 bits per heavy atom. The van der Waals surface area contributed by atoms with Crippen LogP contribution in [0.3, 0.4) is 0 Å². The lowest BCUT2D eigenvalue weighted by atomic mass is 9.94. The van der Waals surface area contributed by atoms with Crippen molar-refractivity contribution in [3.05, 3.63) is 12.7 Å². The van der Waals surface area contributed by atoms with Gasteiger partial charge in [-0.1, -0.05) is 31.8 Å². The van der Waals surface area contributed by atoms with Crippen LogP contribution in [0.25, 0.3) is 0 Å². The predicted octanol–water partition coefficient (Wildman–Crippen LogP) is 2.05. The average Bonchev–Trinajstić information content (AvgIpc) is 2.60. The summed E-state index contributed by atoms with van der Waals surface area (Å²) in [5, 5.41) is 19.7. The van der Waals surface area contributed by atoms with Crippen molar-refractivity contribution in [2.75, 3.05) is 13.2 Å². The Bertz CT molecular complexity index is 387. The van der Waals surface area contributed by atoms with Gasteiger partial charge in [0.15, 0.2) is 0 Å². The Hall–Kier alpha value is -1.60. The molecule has 0 aromatic heterocycles. The van der Waals surface area contributed by atoms with Crippen LogP contribution in [0.5, 0.6) is 0 Å². The first-order valence-electron chi connectivity index (χ1n) is 8.11. The Kier molecular flexibility index (Phi) is 9.31. The van der Waals surface area contributed by atoms with Crippen molar-refractivity contribution >= 4 is 12.1 Å². The number of aliphatic hydroxyl groups excluding tert-OH is 1. The zero-order valence-electron chi connectivity index (χ0n) is 13.4. The number of rotatable bonds is 7. The summed E-state index contributed by atoms with van der Waals surface area (Å²) in [4.78, 5) is 22.3. The fourth-order valence-electron chi connectivity index (χ4n) is 2.70. The molecule has 3 unspecified atom stereocenters. The van der Waals surface area contributed by atoms with Gasteiger partial charge in [0, 0.05) is 5.92 Å². The minimum Gasteiger partial charge on any atom is -0.478 e. The molecule has 0 radical (unpaired) electrons. The quantitative estimate of drug-likeness (QED) is 0.375. The van der Waals surface area contributed by atoms with Crippen LogP contribution in [0.2, 0.25) is 0 Å². The Balaban J connectivity index is 2.61. The summed E-state index contributed by atoms with van der Waals surface area (Å²) in [5.41, 5.74) is 0. The summed E-state index contributed by atoms with van der Waals surface area (Å²) in [5.74, 6) is -1.47. The molecular formula is C16H27NO6. The molecule has 0 aliphatic heterocycles. The molecule has 0 saturated heterocycles. The van der Waals surface area contributed by atoms with Crippen LogP contribution < -0.4 is 5.32 Å². The summed E-state index contributed by atoms with van der Waals surface area (Å²) in [6, 6.07) is 0. The minimum absolute atomic E-state index is 0.0563. The van der Waals surface area contributed by atoms with Crippen molar-refractivity contribution in [2.24, 2.45) is 5.92 Å². The first-order chi connectivity index (χ1) is 11.0. The van der Waals surface area contributed by atoms with Crippen molar-refractivity contribution in [2.45, 2.75) is 57.3 Å². The Morgan fingerprint density at radius 2 is 1.87 bits per heavy atom. The summed E-state index contributed by atoms with van der Waals surface area (Å²) in [6.07, 6.45) is 5.41. The number of aliphatic carboxylic acids is 1. The van der Waals surface area contributed by atoms with Gasteiger partial charge in [0.2, 0.25) is 6.23 Å². The monoisotopic (exact) mass is 329 g/mol. The van der Waals surface area contributed by atoms with E-state index >= 15 is 0 Å². The van der Waals surface area contributed by atoms with E-state index in [2.05, 4.69) is 6.58 Å². The minimum atomic E-state index is -1.96. The second-order valence-corrected chi connectivity index (χ2v) is 5.76. The van der Waals surface area contributed by atoms with E-state index in [4.69, 9.17) is 19.7 Å². The third kappa shape index (κ3) is 7.99. The molecule has 0 aromatic carbocycles. The highest BCUT2D eigenvalue weighted by Crippen LogP contribution is 2.25. The Morgan fingerprint density at radius 3 is 2.52 bits per heavy atom. The van der Waals surface area contributed by atoms with Gasteiger partial charge in [-0.25, -0.2) is 9.59 Å². The van der Waals surface area contributed by atoms with Crippen molar-refractivity contribution in [3.8, 4) is 0 Å². The SMILES string of the molecule is C=CCOCC1CCCCCCCC1OC(=O)NC(O)C(=O)O. The van der Waals surface area contributed by atoms with E-state index < -0.39 is 18.3 Å². The average molecular weight is 329 g/mol. The fraction of sp³-hybridized carbons (Fsp3) is 0.750. The molecule has 3 N–H and O–H groups in total. The van der Waals surface area contributed by atoms with E-state index in [0.29, 0.717) is 19.6 Å². The number of carbonyl (C=O) groups excluding carboxylic acids is 1. The number of aliphatic hydroxyl groups is 1. The van der Waals surface area contributed by atoms with Crippen LogP contribution in [-0.4, -0.2) is 47.8 Å². The van der Waals surface area contributed by atoms with Crippen LogP contribution >= 0.6 is 0 Å². The number of ether oxygens (including phenoxy) is 2. The number of carboxylic acid groups (broad SMARTS) is 1. The first-order valence-corrected chi connectivity index (χ1v) is 8.11. The van der Waals surface area contributed by atoms with Gasteiger partial charge in [0.05, 0.1) is 13.2 Å². The second-order valence-electron chi connectivity index (χ2n) is 5.76. The topological polar surface area (TPSA) is 105 Å². The number of carboxylic acids is 1. The molecule has 0 aromatic rings. The second kappa shape index (κ2) is 11.0. The third-order valence-corrected chi connectivity index (χ3v) is 3.90. The molecular weight excluding hydrogens is 302 g/mol. The molecule has 23 heavy (non-hydrogen) atoms. The zero-order chi connectivity index (χ0) is 17.1. The standard InChI is InChI=1S/C16H27NO6/c1-2-10-22-11-12-8-6-4-3-5-7-9-13(12)23-16(21)17-14(18)15(19)20/h2,12-14,18H,1,3-11H2,(H,17,21)(H,19,20). The van der Waals surface area contributed by atoms with Crippen LogP contribution in [0.15, 0.2) is 12.7 Å². The van der Waals surface area contributed by atoms with Gasteiger partial charge in [0.1, 0.15) is 6.10 Å². The van der Waals surface area contributed by atoms with Crippen molar-refractivity contribution in [3.63, 3.8) is 0 Å². The molecule has 1 aliphatic rings. The normalized spacial score (nSPS) is 23.7. The number of amides is 1. The maximum atomic E-state index is 11.8. The summed E-state index contributed by atoms with van der Waals surface area (Å²) < 4.78 is 10.9. The molecule has 0 bridgehead atoms. The van der Waals surface area contributed by atoms with Crippen LogP contribution in [0, 0.1) is 5.92 Å². The molecule has 0 heterocycles. The third-order valence-electron chi connectivity index (χ3n) is 3.90. The lowest BCUT2D eigenvalue weighted by Crippen LogP contribution is -2.43. The first kappa shape index (κ1) is 19.4. The maximum Gasteiger partial charge on any atom is 0.409 e. The summed E-state index contributed by atoms with van der Waals surface area (Å²) in [6.45, 7) is 4.51. The van der Waals surface area contributed by atoms with E-state index in [1.54, 1.807) is 6.08 Å². The van der Waals surface area contributed by atoms with Gasteiger partial charge < -0.3 is 19.7 Å². The number of alkyl carbamates (subject to hydrolysis) is 1. The molecule has 1 aliphatic carbocycles. The van der Waals surface area contributed by atoms with Gasteiger partial charge in [-0.15, -0.1) is 6.58 Å². The van der Waals surface area contributed by atoms with Crippen LogP contribution in [-0.2, 0) is 14.3 Å². The molecule has 0 spiro atoms. The zero-order valence-corrected chi connectivity index (χ0v) is 13.4.